The van der Waals surface area contributed by atoms with E-state index in [-0.39, 0.29) is 12.5 Å². The molecule has 0 aromatic rings. The Bertz CT molecular complexity index is 261. The van der Waals surface area contributed by atoms with Gasteiger partial charge in [0.05, 0.1) is 0 Å². The van der Waals surface area contributed by atoms with Crippen LogP contribution in [0.1, 0.15) is 34.1 Å². The molecule has 0 aliphatic rings. The van der Waals surface area contributed by atoms with Crippen molar-refractivity contribution in [1.29, 1.82) is 0 Å². The van der Waals surface area contributed by atoms with Crippen LogP contribution in [0.5, 0.6) is 0 Å². The van der Waals surface area contributed by atoms with Crippen molar-refractivity contribution < 1.29 is 4.79 Å². The molecule has 1 amide bonds. The smallest absolute Gasteiger partial charge is 0.243 e. The van der Waals surface area contributed by atoms with Gasteiger partial charge in [0.1, 0.15) is 6.54 Å². The summed E-state index contributed by atoms with van der Waals surface area (Å²) in [5.41, 5.74) is 0. The zero-order chi connectivity index (χ0) is 13.4. The largest absolute Gasteiger partial charge is 0.354 e. The third-order valence-electron chi connectivity index (χ3n) is 2.29. The summed E-state index contributed by atoms with van der Waals surface area (Å²) in [4.78, 5) is 17.3. The fourth-order valence-electron chi connectivity index (χ4n) is 1.03. The van der Waals surface area contributed by atoms with Gasteiger partial charge in [0.15, 0.2) is 5.96 Å². The Morgan fingerprint density at radius 3 is 2.24 bits per heavy atom. The number of aliphatic imine (C=N–C) groups is 1. The molecule has 2 N–H and O–H groups in total. The topological polar surface area (TPSA) is 56.7 Å². The highest BCUT2D eigenvalue weighted by Crippen LogP contribution is 1.90. The second-order valence-electron chi connectivity index (χ2n) is 4.71. The molecule has 1 atom stereocenters. The molecule has 0 aliphatic carbocycles. The summed E-state index contributed by atoms with van der Waals surface area (Å²) < 4.78 is 0. The summed E-state index contributed by atoms with van der Waals surface area (Å²) in [6.45, 7) is 8.45. The van der Waals surface area contributed by atoms with Crippen molar-refractivity contribution >= 4 is 11.9 Å². The van der Waals surface area contributed by atoms with Gasteiger partial charge in [-0.1, -0.05) is 6.92 Å². The fourth-order valence-corrected chi connectivity index (χ4v) is 1.03. The molecule has 0 heterocycles. The van der Waals surface area contributed by atoms with Gasteiger partial charge in [0.25, 0.3) is 0 Å². The highest BCUT2D eigenvalue weighted by Gasteiger charge is 2.07. The van der Waals surface area contributed by atoms with Crippen molar-refractivity contribution in [3.63, 3.8) is 0 Å². The Morgan fingerprint density at radius 2 is 1.82 bits per heavy atom. The van der Waals surface area contributed by atoms with Crippen molar-refractivity contribution in [2.45, 2.75) is 46.2 Å². The third-order valence-corrected chi connectivity index (χ3v) is 2.29. The van der Waals surface area contributed by atoms with E-state index in [1.165, 1.54) is 0 Å². The summed E-state index contributed by atoms with van der Waals surface area (Å²) >= 11 is 0. The van der Waals surface area contributed by atoms with Gasteiger partial charge in [-0.05, 0) is 27.2 Å². The molecule has 1 unspecified atom stereocenters. The summed E-state index contributed by atoms with van der Waals surface area (Å²) in [7, 11) is 3.46. The number of nitrogens with zero attached hydrogens (tertiary/aromatic N) is 2. The SMILES string of the molecule is CCC(C)NC(=NCC(=O)N(C)C)NC(C)C. The number of carbonyl (C=O) groups is 1. The predicted molar refractivity (Wildman–Crippen MR) is 72.2 cm³/mol. The summed E-state index contributed by atoms with van der Waals surface area (Å²) in [6, 6.07) is 0.634. The summed E-state index contributed by atoms with van der Waals surface area (Å²) in [5.74, 6) is 0.698. The lowest BCUT2D eigenvalue weighted by molar-refractivity contribution is -0.127. The van der Waals surface area contributed by atoms with Gasteiger partial charge in [-0.15, -0.1) is 0 Å². The van der Waals surface area contributed by atoms with E-state index in [9.17, 15) is 4.79 Å². The first kappa shape index (κ1) is 15.7. The van der Waals surface area contributed by atoms with Gasteiger partial charge in [0, 0.05) is 26.2 Å². The normalized spacial score (nSPS) is 13.5. The van der Waals surface area contributed by atoms with Gasteiger partial charge in [-0.25, -0.2) is 4.99 Å². The summed E-state index contributed by atoms with van der Waals surface area (Å²) in [5, 5.41) is 6.47. The van der Waals surface area contributed by atoms with E-state index in [0.717, 1.165) is 6.42 Å². The van der Waals surface area contributed by atoms with Crippen LogP contribution in [-0.4, -0.2) is 49.5 Å². The van der Waals surface area contributed by atoms with E-state index in [1.807, 2.05) is 13.8 Å². The van der Waals surface area contributed by atoms with Gasteiger partial charge < -0.3 is 15.5 Å². The van der Waals surface area contributed by atoms with Crippen LogP contribution in [0.2, 0.25) is 0 Å². The number of likely N-dealkylation sites (N-methyl/N-ethyl adjacent to an activating group) is 1. The minimum atomic E-state index is -0.000919. The molecule has 0 aliphatic heterocycles. The average Bonchev–Trinajstić information content (AvgIpc) is 2.24. The van der Waals surface area contributed by atoms with Gasteiger partial charge >= 0.3 is 0 Å². The molecule has 0 bridgehead atoms. The highest BCUT2D eigenvalue weighted by molar-refractivity contribution is 5.85. The van der Waals surface area contributed by atoms with Gasteiger partial charge in [-0.3, -0.25) is 4.79 Å². The Kier molecular flexibility index (Phi) is 7.34. The van der Waals surface area contributed by atoms with E-state index in [2.05, 4.69) is 29.5 Å². The van der Waals surface area contributed by atoms with Crippen LogP contribution < -0.4 is 10.6 Å². The lowest BCUT2D eigenvalue weighted by atomic mass is 10.3. The Labute approximate surface area is 105 Å². The van der Waals surface area contributed by atoms with E-state index in [4.69, 9.17) is 0 Å². The van der Waals surface area contributed by atoms with Crippen molar-refractivity contribution in [2.24, 2.45) is 4.99 Å². The monoisotopic (exact) mass is 242 g/mol. The molecule has 0 spiro atoms. The van der Waals surface area contributed by atoms with Crippen LogP contribution in [0.4, 0.5) is 0 Å². The second kappa shape index (κ2) is 7.92. The average molecular weight is 242 g/mol. The number of carbonyl (C=O) groups excluding carboxylic acids is 1. The zero-order valence-corrected chi connectivity index (χ0v) is 11.9. The molecule has 0 aromatic carbocycles. The lowest BCUT2D eigenvalue weighted by Gasteiger charge is -2.19. The molecule has 5 nitrogen and oxygen atoms in total. The maximum atomic E-state index is 11.5. The quantitative estimate of drug-likeness (QED) is 0.554. The molecule has 0 fully saturated rings. The molecule has 0 radical (unpaired) electrons. The number of amides is 1. The number of nitrogens with one attached hydrogen (secondary N) is 2. The Hall–Kier alpha value is -1.26. The maximum absolute atomic E-state index is 11.5. The Morgan fingerprint density at radius 1 is 1.24 bits per heavy atom. The van der Waals surface area contributed by atoms with E-state index in [0.29, 0.717) is 18.0 Å². The Balaban J connectivity index is 4.45. The van der Waals surface area contributed by atoms with Crippen LogP contribution in [0, 0.1) is 0 Å². The highest BCUT2D eigenvalue weighted by atomic mass is 16.2. The number of hydrogen-bond donors (Lipinski definition) is 2. The molecule has 5 heteroatoms. The number of guanidine groups is 1. The van der Waals surface area contributed by atoms with Crippen LogP contribution in [-0.2, 0) is 4.79 Å². The fraction of sp³-hybridized carbons (Fsp3) is 0.833. The van der Waals surface area contributed by atoms with Crippen LogP contribution >= 0.6 is 0 Å². The molecular formula is C12H26N4O. The molecule has 0 rings (SSSR count). The first-order chi connectivity index (χ1) is 7.86. The lowest BCUT2D eigenvalue weighted by Crippen LogP contribution is -2.45. The van der Waals surface area contributed by atoms with Crippen LogP contribution in [0.15, 0.2) is 4.99 Å². The van der Waals surface area contributed by atoms with Crippen molar-refractivity contribution in [2.75, 3.05) is 20.6 Å². The standard InChI is InChI=1S/C12H26N4O/c1-7-10(4)15-12(14-9(2)3)13-8-11(17)16(5)6/h9-10H,7-8H2,1-6H3,(H2,13,14,15). The first-order valence-electron chi connectivity index (χ1n) is 6.14. The van der Waals surface area contributed by atoms with Crippen molar-refractivity contribution in [1.82, 2.24) is 15.5 Å². The maximum Gasteiger partial charge on any atom is 0.243 e. The zero-order valence-electron chi connectivity index (χ0n) is 11.9. The number of hydrogen-bond acceptors (Lipinski definition) is 2. The van der Waals surface area contributed by atoms with Crippen molar-refractivity contribution in [3.8, 4) is 0 Å². The molecule has 100 valence electrons. The van der Waals surface area contributed by atoms with Gasteiger partial charge in [0.2, 0.25) is 5.91 Å². The number of rotatable bonds is 5. The molecular weight excluding hydrogens is 216 g/mol. The van der Waals surface area contributed by atoms with E-state index >= 15 is 0 Å². The van der Waals surface area contributed by atoms with E-state index in [1.54, 1.807) is 19.0 Å². The molecule has 0 aromatic heterocycles. The van der Waals surface area contributed by atoms with Crippen molar-refractivity contribution in [3.05, 3.63) is 0 Å². The second-order valence-corrected chi connectivity index (χ2v) is 4.71. The van der Waals surface area contributed by atoms with Gasteiger partial charge in [-0.2, -0.15) is 0 Å². The minimum Gasteiger partial charge on any atom is -0.354 e. The minimum absolute atomic E-state index is 0.000919. The van der Waals surface area contributed by atoms with Crippen LogP contribution in [0.25, 0.3) is 0 Å². The molecule has 0 saturated heterocycles. The molecule has 0 saturated carbocycles. The predicted octanol–water partition coefficient (Wildman–Crippen LogP) is 0.817. The van der Waals surface area contributed by atoms with Crippen LogP contribution in [0.3, 0.4) is 0 Å². The molecule has 17 heavy (non-hydrogen) atoms. The van der Waals surface area contributed by atoms with E-state index < -0.39 is 0 Å². The first-order valence-corrected chi connectivity index (χ1v) is 6.14. The third kappa shape index (κ3) is 7.60. The summed E-state index contributed by atoms with van der Waals surface area (Å²) in [6.07, 6.45) is 1.01.